The molecule has 0 aromatic heterocycles. The third-order valence-corrected chi connectivity index (χ3v) is 3.95. The van der Waals surface area contributed by atoms with E-state index in [9.17, 15) is 4.39 Å². The summed E-state index contributed by atoms with van der Waals surface area (Å²) in [7, 11) is 0. The maximum atomic E-state index is 13.1. The number of nitrogens with zero attached hydrogens (tertiary/aromatic N) is 2. The Kier molecular flexibility index (Phi) is 7.33. The standard InChI is InChI=1S/C21H26FN3/c1-16(24-19-12-8-11-18(22)15-19)9-4-3-5-10-17(2)25-21-14-7-6-13-20(21)23/h6-8,11-15H,3-5,9-10,23H2,1-2H3. The van der Waals surface area contributed by atoms with E-state index in [1.807, 2.05) is 44.2 Å². The Bertz CT molecular complexity index is 750. The van der Waals surface area contributed by atoms with Crippen molar-refractivity contribution in [1.82, 2.24) is 0 Å². The average Bonchev–Trinajstić information content (AvgIpc) is 2.56. The van der Waals surface area contributed by atoms with Gasteiger partial charge in [0.1, 0.15) is 5.82 Å². The summed E-state index contributed by atoms with van der Waals surface area (Å²) in [5.41, 5.74) is 10.3. The summed E-state index contributed by atoms with van der Waals surface area (Å²) in [4.78, 5) is 9.04. The van der Waals surface area contributed by atoms with E-state index in [0.717, 1.165) is 49.2 Å². The predicted molar refractivity (Wildman–Crippen MR) is 106 cm³/mol. The first kappa shape index (κ1) is 18.8. The normalized spacial score (nSPS) is 12.4. The highest BCUT2D eigenvalue weighted by atomic mass is 19.1. The Morgan fingerprint density at radius 1 is 0.880 bits per heavy atom. The molecule has 0 radical (unpaired) electrons. The molecule has 25 heavy (non-hydrogen) atoms. The van der Waals surface area contributed by atoms with Crippen LogP contribution in [0.3, 0.4) is 0 Å². The van der Waals surface area contributed by atoms with E-state index < -0.39 is 0 Å². The van der Waals surface area contributed by atoms with Crippen LogP contribution in [-0.4, -0.2) is 11.4 Å². The van der Waals surface area contributed by atoms with Crippen molar-refractivity contribution in [3.63, 3.8) is 0 Å². The van der Waals surface area contributed by atoms with E-state index in [2.05, 4.69) is 9.98 Å². The second-order valence-corrected chi connectivity index (χ2v) is 6.29. The van der Waals surface area contributed by atoms with Crippen LogP contribution in [0.4, 0.5) is 21.5 Å². The number of hydrogen-bond acceptors (Lipinski definition) is 3. The fourth-order valence-electron chi connectivity index (χ4n) is 2.61. The van der Waals surface area contributed by atoms with Crippen LogP contribution in [0, 0.1) is 5.82 Å². The quantitative estimate of drug-likeness (QED) is 0.345. The summed E-state index contributed by atoms with van der Waals surface area (Å²) in [5.74, 6) is -0.247. The van der Waals surface area contributed by atoms with Crippen molar-refractivity contribution in [3.8, 4) is 0 Å². The van der Waals surface area contributed by atoms with Gasteiger partial charge in [-0.15, -0.1) is 0 Å². The molecular weight excluding hydrogens is 313 g/mol. The second-order valence-electron chi connectivity index (χ2n) is 6.29. The molecule has 0 saturated heterocycles. The van der Waals surface area contributed by atoms with Crippen molar-refractivity contribution < 1.29 is 4.39 Å². The zero-order valence-corrected chi connectivity index (χ0v) is 15.0. The number of aliphatic imine (C=N–C) groups is 2. The van der Waals surface area contributed by atoms with E-state index in [0.29, 0.717) is 11.4 Å². The number of hydrogen-bond donors (Lipinski definition) is 1. The number of unbranched alkanes of at least 4 members (excludes halogenated alkanes) is 2. The Labute approximate surface area is 149 Å². The van der Waals surface area contributed by atoms with Crippen molar-refractivity contribution >= 4 is 28.5 Å². The molecule has 0 heterocycles. The second kappa shape index (κ2) is 9.72. The molecule has 0 unspecified atom stereocenters. The van der Waals surface area contributed by atoms with Gasteiger partial charge in [-0.1, -0.05) is 24.6 Å². The summed E-state index contributed by atoms with van der Waals surface area (Å²) in [5, 5.41) is 0. The minimum Gasteiger partial charge on any atom is -0.397 e. The summed E-state index contributed by atoms with van der Waals surface area (Å²) in [6.07, 6.45) is 5.18. The smallest absolute Gasteiger partial charge is 0.125 e. The van der Waals surface area contributed by atoms with Gasteiger partial charge in [0.15, 0.2) is 0 Å². The van der Waals surface area contributed by atoms with Gasteiger partial charge in [0, 0.05) is 11.4 Å². The maximum Gasteiger partial charge on any atom is 0.125 e. The zero-order chi connectivity index (χ0) is 18.1. The minimum absolute atomic E-state index is 0.247. The van der Waals surface area contributed by atoms with Gasteiger partial charge in [-0.2, -0.15) is 0 Å². The van der Waals surface area contributed by atoms with Crippen LogP contribution in [0.1, 0.15) is 46.0 Å². The fourth-order valence-corrected chi connectivity index (χ4v) is 2.61. The molecular formula is C21H26FN3. The predicted octanol–water partition coefficient (Wildman–Crippen LogP) is 6.24. The van der Waals surface area contributed by atoms with Crippen molar-refractivity contribution in [2.45, 2.75) is 46.0 Å². The lowest BCUT2D eigenvalue weighted by molar-refractivity contribution is 0.628. The molecule has 2 aromatic carbocycles. The number of nitrogens with two attached hydrogens (primary N) is 1. The summed E-state index contributed by atoms with van der Waals surface area (Å²) < 4.78 is 13.1. The van der Waals surface area contributed by atoms with Crippen molar-refractivity contribution in [1.29, 1.82) is 0 Å². The Morgan fingerprint density at radius 2 is 1.56 bits per heavy atom. The van der Waals surface area contributed by atoms with Crippen LogP contribution in [0.5, 0.6) is 0 Å². The van der Waals surface area contributed by atoms with Gasteiger partial charge in [0.05, 0.1) is 17.1 Å². The zero-order valence-electron chi connectivity index (χ0n) is 15.0. The first-order valence-corrected chi connectivity index (χ1v) is 8.73. The van der Waals surface area contributed by atoms with E-state index in [4.69, 9.17) is 5.73 Å². The average molecular weight is 339 g/mol. The van der Waals surface area contributed by atoms with E-state index >= 15 is 0 Å². The lowest BCUT2D eigenvalue weighted by Gasteiger charge is -2.04. The number of nitrogen functional groups attached to an aromatic ring is 1. The molecule has 0 atom stereocenters. The Morgan fingerprint density at radius 3 is 2.24 bits per heavy atom. The molecule has 0 aliphatic rings. The van der Waals surface area contributed by atoms with E-state index in [-0.39, 0.29) is 5.82 Å². The Hall–Kier alpha value is -2.49. The molecule has 0 amide bonds. The highest BCUT2D eigenvalue weighted by Crippen LogP contribution is 2.21. The van der Waals surface area contributed by atoms with Crippen molar-refractivity contribution in [3.05, 3.63) is 54.3 Å². The van der Waals surface area contributed by atoms with Crippen LogP contribution in [0.2, 0.25) is 0 Å². The molecule has 4 heteroatoms. The van der Waals surface area contributed by atoms with Crippen LogP contribution >= 0.6 is 0 Å². The van der Waals surface area contributed by atoms with Gasteiger partial charge in [-0.25, -0.2) is 4.39 Å². The molecule has 2 aromatic rings. The van der Waals surface area contributed by atoms with Crippen molar-refractivity contribution in [2.75, 3.05) is 5.73 Å². The lowest BCUT2D eigenvalue weighted by atomic mass is 10.1. The molecule has 3 nitrogen and oxygen atoms in total. The topological polar surface area (TPSA) is 50.7 Å². The van der Waals surface area contributed by atoms with E-state index in [1.54, 1.807) is 6.07 Å². The third kappa shape index (κ3) is 6.87. The van der Waals surface area contributed by atoms with Crippen LogP contribution in [0.25, 0.3) is 0 Å². The van der Waals surface area contributed by atoms with Gasteiger partial charge in [-0.05, 0) is 69.9 Å². The van der Waals surface area contributed by atoms with E-state index in [1.165, 1.54) is 12.1 Å². The molecule has 2 rings (SSSR count). The van der Waals surface area contributed by atoms with Crippen LogP contribution in [-0.2, 0) is 0 Å². The number of benzene rings is 2. The molecule has 0 spiro atoms. The molecule has 0 fully saturated rings. The number of halogens is 1. The molecule has 2 N–H and O–H groups in total. The number of para-hydroxylation sites is 2. The summed E-state index contributed by atoms with van der Waals surface area (Å²) in [6.45, 7) is 4.04. The Balaban J connectivity index is 1.71. The highest BCUT2D eigenvalue weighted by Gasteiger charge is 1.99. The molecule has 0 bridgehead atoms. The summed E-state index contributed by atoms with van der Waals surface area (Å²) >= 11 is 0. The van der Waals surface area contributed by atoms with Crippen LogP contribution < -0.4 is 5.73 Å². The van der Waals surface area contributed by atoms with Gasteiger partial charge in [-0.3, -0.25) is 9.98 Å². The molecule has 0 aliphatic heterocycles. The maximum absolute atomic E-state index is 13.1. The fraction of sp³-hybridized carbons (Fsp3) is 0.333. The summed E-state index contributed by atoms with van der Waals surface area (Å²) in [6, 6.07) is 14.1. The van der Waals surface area contributed by atoms with Gasteiger partial charge < -0.3 is 5.73 Å². The van der Waals surface area contributed by atoms with Crippen LogP contribution in [0.15, 0.2) is 58.5 Å². The molecule has 0 aliphatic carbocycles. The van der Waals surface area contributed by atoms with Gasteiger partial charge >= 0.3 is 0 Å². The van der Waals surface area contributed by atoms with Gasteiger partial charge in [0.2, 0.25) is 0 Å². The molecule has 132 valence electrons. The van der Waals surface area contributed by atoms with Gasteiger partial charge in [0.25, 0.3) is 0 Å². The first-order chi connectivity index (χ1) is 12.0. The van der Waals surface area contributed by atoms with Crippen molar-refractivity contribution in [2.24, 2.45) is 9.98 Å². The number of rotatable bonds is 8. The highest BCUT2D eigenvalue weighted by molar-refractivity contribution is 5.86. The minimum atomic E-state index is -0.247. The number of anilines is 1. The largest absolute Gasteiger partial charge is 0.397 e. The SMILES string of the molecule is CC(CCCCCC(C)=Nc1ccccc1N)=Nc1cccc(F)c1. The monoisotopic (exact) mass is 339 g/mol. The third-order valence-electron chi connectivity index (χ3n) is 3.95. The lowest BCUT2D eigenvalue weighted by Crippen LogP contribution is -1.94. The molecule has 0 saturated carbocycles. The first-order valence-electron chi connectivity index (χ1n) is 8.73.